The third-order valence-electron chi connectivity index (χ3n) is 4.14. The summed E-state index contributed by atoms with van der Waals surface area (Å²) in [7, 11) is 0. The molecule has 16 heavy (non-hydrogen) atoms. The van der Waals surface area contributed by atoms with Crippen LogP contribution in [0.15, 0.2) is 12.1 Å². The normalized spacial score (nSPS) is 21.2. The van der Waals surface area contributed by atoms with Gasteiger partial charge in [0.15, 0.2) is 0 Å². The highest BCUT2D eigenvalue weighted by Gasteiger charge is 2.37. The minimum absolute atomic E-state index is 0.301. The third kappa shape index (κ3) is 2.44. The van der Waals surface area contributed by atoms with E-state index in [1.54, 1.807) is 11.3 Å². The summed E-state index contributed by atoms with van der Waals surface area (Å²) in [6, 6.07) is 4.39. The van der Waals surface area contributed by atoms with E-state index in [2.05, 4.69) is 13.0 Å². The number of halogens is 1. The maximum atomic E-state index is 6.43. The number of hydrogen-bond acceptors (Lipinski definition) is 2. The standard InChI is InChI=1S/C13H20ClNS/c1-2-13(7-3-4-8-13)11(15)9-10-5-6-12(14)16-10/h5-6,11H,2-4,7-9,15H2,1H3. The molecule has 0 bridgehead atoms. The number of hydrogen-bond donors (Lipinski definition) is 1. The van der Waals surface area contributed by atoms with Gasteiger partial charge >= 0.3 is 0 Å². The molecular formula is C13H20ClNS. The van der Waals surface area contributed by atoms with Crippen molar-refractivity contribution in [2.45, 2.75) is 51.5 Å². The van der Waals surface area contributed by atoms with Gasteiger partial charge in [-0.1, -0.05) is 31.4 Å². The van der Waals surface area contributed by atoms with Gasteiger partial charge in [-0.2, -0.15) is 0 Å². The van der Waals surface area contributed by atoms with Crippen LogP contribution in [-0.4, -0.2) is 6.04 Å². The lowest BCUT2D eigenvalue weighted by atomic mass is 9.75. The number of thiophene rings is 1. The zero-order chi connectivity index (χ0) is 11.6. The molecule has 1 aliphatic carbocycles. The van der Waals surface area contributed by atoms with E-state index in [0.29, 0.717) is 11.5 Å². The lowest BCUT2D eigenvalue weighted by molar-refractivity contribution is 0.219. The van der Waals surface area contributed by atoms with E-state index in [4.69, 9.17) is 17.3 Å². The molecule has 0 amide bonds. The van der Waals surface area contributed by atoms with Gasteiger partial charge in [-0.3, -0.25) is 0 Å². The molecule has 0 spiro atoms. The number of rotatable bonds is 4. The van der Waals surface area contributed by atoms with Crippen LogP contribution in [0.4, 0.5) is 0 Å². The highest BCUT2D eigenvalue weighted by Crippen LogP contribution is 2.44. The van der Waals surface area contributed by atoms with E-state index in [0.717, 1.165) is 10.8 Å². The summed E-state index contributed by atoms with van der Waals surface area (Å²) in [4.78, 5) is 1.33. The van der Waals surface area contributed by atoms with E-state index < -0.39 is 0 Å². The summed E-state index contributed by atoms with van der Waals surface area (Å²) in [5.41, 5.74) is 6.83. The Morgan fingerprint density at radius 2 is 2.12 bits per heavy atom. The summed E-state index contributed by atoms with van der Waals surface area (Å²) >= 11 is 7.62. The molecular weight excluding hydrogens is 238 g/mol. The second kappa shape index (κ2) is 5.07. The molecule has 1 aliphatic rings. The Morgan fingerprint density at radius 1 is 1.44 bits per heavy atom. The highest BCUT2D eigenvalue weighted by molar-refractivity contribution is 7.16. The third-order valence-corrected chi connectivity index (χ3v) is 5.39. The van der Waals surface area contributed by atoms with E-state index in [-0.39, 0.29) is 0 Å². The van der Waals surface area contributed by atoms with Gasteiger partial charge in [0.2, 0.25) is 0 Å². The molecule has 0 aliphatic heterocycles. The predicted molar refractivity (Wildman–Crippen MR) is 72.2 cm³/mol. The smallest absolute Gasteiger partial charge is 0.0931 e. The Bertz CT molecular complexity index is 341. The van der Waals surface area contributed by atoms with Gasteiger partial charge < -0.3 is 5.73 Å². The van der Waals surface area contributed by atoms with Crippen molar-refractivity contribution in [2.75, 3.05) is 0 Å². The molecule has 1 nitrogen and oxygen atoms in total. The van der Waals surface area contributed by atoms with Gasteiger partial charge in [-0.15, -0.1) is 11.3 Å². The van der Waals surface area contributed by atoms with Crippen LogP contribution in [0, 0.1) is 5.41 Å². The van der Waals surface area contributed by atoms with Crippen molar-refractivity contribution >= 4 is 22.9 Å². The molecule has 2 N–H and O–H groups in total. The lowest BCUT2D eigenvalue weighted by Gasteiger charge is -2.34. The van der Waals surface area contributed by atoms with Crippen molar-refractivity contribution in [3.05, 3.63) is 21.3 Å². The summed E-state index contributed by atoms with van der Waals surface area (Å²) in [5, 5.41) is 0. The first-order chi connectivity index (χ1) is 7.66. The van der Waals surface area contributed by atoms with Gasteiger partial charge in [0.1, 0.15) is 0 Å². The lowest BCUT2D eigenvalue weighted by Crippen LogP contribution is -2.40. The molecule has 90 valence electrons. The van der Waals surface area contributed by atoms with E-state index in [9.17, 15) is 0 Å². The van der Waals surface area contributed by atoms with E-state index in [1.165, 1.54) is 37.0 Å². The summed E-state index contributed by atoms with van der Waals surface area (Å²) < 4.78 is 0.874. The van der Waals surface area contributed by atoms with E-state index in [1.807, 2.05) is 6.07 Å². The second-order valence-corrected chi connectivity index (χ2v) is 6.74. The second-order valence-electron chi connectivity index (χ2n) is 4.94. The van der Waals surface area contributed by atoms with Gasteiger partial charge in [-0.05, 0) is 43.2 Å². The van der Waals surface area contributed by atoms with Crippen LogP contribution < -0.4 is 5.73 Å². The van der Waals surface area contributed by atoms with Crippen LogP contribution in [0.1, 0.15) is 43.9 Å². The van der Waals surface area contributed by atoms with Crippen molar-refractivity contribution < 1.29 is 0 Å². The van der Waals surface area contributed by atoms with Gasteiger partial charge in [-0.25, -0.2) is 0 Å². The molecule has 0 saturated heterocycles. The van der Waals surface area contributed by atoms with Crippen LogP contribution in [-0.2, 0) is 6.42 Å². The molecule has 1 heterocycles. The van der Waals surface area contributed by atoms with Crippen LogP contribution in [0.5, 0.6) is 0 Å². The first kappa shape index (κ1) is 12.4. The zero-order valence-corrected chi connectivity index (χ0v) is 11.4. The van der Waals surface area contributed by atoms with Gasteiger partial charge in [0.05, 0.1) is 4.34 Å². The monoisotopic (exact) mass is 257 g/mol. The molecule has 2 rings (SSSR count). The maximum absolute atomic E-state index is 6.43. The molecule has 1 aromatic rings. The molecule has 3 heteroatoms. The average Bonchev–Trinajstić information content (AvgIpc) is 2.88. The molecule has 0 aromatic carbocycles. The van der Waals surface area contributed by atoms with Crippen molar-refractivity contribution in [2.24, 2.45) is 11.1 Å². The molecule has 1 aromatic heterocycles. The fourth-order valence-electron chi connectivity index (χ4n) is 2.96. The number of nitrogens with two attached hydrogens (primary N) is 1. The quantitative estimate of drug-likeness (QED) is 0.858. The summed E-state index contributed by atoms with van der Waals surface area (Å²) in [6.45, 7) is 2.28. The Morgan fingerprint density at radius 3 is 2.62 bits per heavy atom. The van der Waals surface area contributed by atoms with Gasteiger partial charge in [0.25, 0.3) is 0 Å². The molecule has 1 unspecified atom stereocenters. The minimum Gasteiger partial charge on any atom is -0.327 e. The fourth-order valence-corrected chi connectivity index (χ4v) is 4.11. The van der Waals surface area contributed by atoms with Crippen LogP contribution in [0.2, 0.25) is 4.34 Å². The highest BCUT2D eigenvalue weighted by atomic mass is 35.5. The molecule has 1 saturated carbocycles. The topological polar surface area (TPSA) is 26.0 Å². The van der Waals surface area contributed by atoms with Crippen molar-refractivity contribution in [1.82, 2.24) is 0 Å². The van der Waals surface area contributed by atoms with E-state index >= 15 is 0 Å². The van der Waals surface area contributed by atoms with Gasteiger partial charge in [0, 0.05) is 10.9 Å². The van der Waals surface area contributed by atoms with Crippen molar-refractivity contribution in [1.29, 1.82) is 0 Å². The van der Waals surface area contributed by atoms with Crippen LogP contribution in [0.25, 0.3) is 0 Å². The molecule has 0 radical (unpaired) electrons. The van der Waals surface area contributed by atoms with Crippen molar-refractivity contribution in [3.8, 4) is 0 Å². The largest absolute Gasteiger partial charge is 0.327 e. The predicted octanol–water partition coefficient (Wildman–Crippen LogP) is 4.24. The average molecular weight is 258 g/mol. The van der Waals surface area contributed by atoms with Crippen molar-refractivity contribution in [3.63, 3.8) is 0 Å². The molecule has 1 atom stereocenters. The SMILES string of the molecule is CCC1(C(N)Cc2ccc(Cl)s2)CCCC1. The Labute approximate surface area is 107 Å². The zero-order valence-electron chi connectivity index (χ0n) is 9.84. The first-order valence-corrected chi connectivity index (χ1v) is 7.35. The molecule has 1 fully saturated rings. The Kier molecular flexibility index (Phi) is 3.93. The van der Waals surface area contributed by atoms with Crippen LogP contribution in [0.3, 0.4) is 0 Å². The first-order valence-electron chi connectivity index (χ1n) is 6.16. The summed E-state index contributed by atoms with van der Waals surface area (Å²) in [6.07, 6.45) is 7.53. The maximum Gasteiger partial charge on any atom is 0.0931 e. The van der Waals surface area contributed by atoms with Crippen LogP contribution >= 0.6 is 22.9 Å². The minimum atomic E-state index is 0.301. The Hall–Kier alpha value is -0.0500. The Balaban J connectivity index is 2.03. The summed E-state index contributed by atoms with van der Waals surface area (Å²) in [5.74, 6) is 0. The fraction of sp³-hybridized carbons (Fsp3) is 0.692.